The average molecular weight is 369 g/mol. The summed E-state index contributed by atoms with van der Waals surface area (Å²) in [7, 11) is -4.71. The molecule has 10 heteroatoms. The second-order valence-electron chi connectivity index (χ2n) is 4.85. The van der Waals surface area contributed by atoms with Crippen molar-refractivity contribution in [2.24, 2.45) is 5.73 Å². The minimum atomic E-state index is -4.71. The van der Waals surface area contributed by atoms with Crippen LogP contribution in [-0.2, 0) is 9.84 Å². The van der Waals surface area contributed by atoms with Gasteiger partial charge < -0.3 is 16.4 Å². The zero-order valence-electron chi connectivity index (χ0n) is 12.6. The molecule has 2 aromatic carbocycles. The van der Waals surface area contributed by atoms with Gasteiger partial charge in [0.1, 0.15) is 0 Å². The number of carbonyl (C=O) groups excluding carboxylic acids is 2. The number of hydrogen-bond acceptors (Lipinski definition) is 4. The molecular formula is C15H13F2N3O4S. The van der Waals surface area contributed by atoms with Gasteiger partial charge >= 0.3 is 11.8 Å². The summed E-state index contributed by atoms with van der Waals surface area (Å²) in [6.45, 7) is 0. The minimum Gasteiger partial charge on any atom is -0.351 e. The van der Waals surface area contributed by atoms with Crippen molar-refractivity contribution in [2.75, 3.05) is 10.6 Å². The van der Waals surface area contributed by atoms with Gasteiger partial charge in [0.2, 0.25) is 9.84 Å². The van der Waals surface area contributed by atoms with Crippen LogP contribution in [0.1, 0.15) is 10.4 Å². The number of urea groups is 1. The van der Waals surface area contributed by atoms with E-state index in [0.29, 0.717) is 11.4 Å². The van der Waals surface area contributed by atoms with Crippen LogP contribution < -0.4 is 16.4 Å². The molecule has 3 amide bonds. The lowest BCUT2D eigenvalue weighted by Crippen LogP contribution is -2.19. The van der Waals surface area contributed by atoms with E-state index in [1.165, 1.54) is 6.07 Å². The molecule has 0 radical (unpaired) electrons. The van der Waals surface area contributed by atoms with Crippen LogP contribution in [0, 0.1) is 0 Å². The Hall–Kier alpha value is -3.01. The first-order chi connectivity index (χ1) is 11.7. The number of anilines is 2. The van der Waals surface area contributed by atoms with E-state index in [1.807, 2.05) is 0 Å². The van der Waals surface area contributed by atoms with Crippen LogP contribution in [0.3, 0.4) is 0 Å². The van der Waals surface area contributed by atoms with Gasteiger partial charge in [0, 0.05) is 16.9 Å². The van der Waals surface area contributed by atoms with Crippen LogP contribution in [0.15, 0.2) is 53.4 Å². The molecule has 0 bridgehead atoms. The second kappa shape index (κ2) is 7.26. The van der Waals surface area contributed by atoms with Crippen LogP contribution in [-0.4, -0.2) is 26.1 Å². The number of halogens is 2. The number of benzene rings is 2. The smallest absolute Gasteiger partial charge is 0.341 e. The number of amides is 3. The first kappa shape index (κ1) is 18.3. The number of primary amides is 1. The zero-order chi connectivity index (χ0) is 18.6. The van der Waals surface area contributed by atoms with E-state index in [2.05, 4.69) is 10.6 Å². The quantitative estimate of drug-likeness (QED) is 0.750. The van der Waals surface area contributed by atoms with Crippen LogP contribution in [0.4, 0.5) is 25.0 Å². The third-order valence-corrected chi connectivity index (χ3v) is 4.47. The van der Waals surface area contributed by atoms with Gasteiger partial charge in [-0.3, -0.25) is 4.79 Å². The molecule has 4 N–H and O–H groups in total. The number of alkyl halides is 2. The standard InChI is InChI=1S/C15H13F2N3O4S/c16-14(17)25(23,24)12-6-4-9(5-7-12)13(21)19-10-2-1-3-11(8-10)20-15(18)22/h1-8,14H,(H,19,21)(H3,18,20,22). The summed E-state index contributed by atoms with van der Waals surface area (Å²) >= 11 is 0. The van der Waals surface area contributed by atoms with E-state index < -0.39 is 32.4 Å². The first-order valence-corrected chi connectivity index (χ1v) is 8.35. The van der Waals surface area contributed by atoms with Crippen molar-refractivity contribution in [3.05, 3.63) is 54.1 Å². The molecule has 0 saturated heterocycles. The van der Waals surface area contributed by atoms with Crippen LogP contribution in [0.5, 0.6) is 0 Å². The number of carbonyl (C=O) groups is 2. The Morgan fingerprint density at radius 1 is 0.960 bits per heavy atom. The molecule has 0 heterocycles. The molecule has 0 fully saturated rings. The Bertz CT molecular complexity index is 899. The molecule has 25 heavy (non-hydrogen) atoms. The molecule has 0 spiro atoms. The summed E-state index contributed by atoms with van der Waals surface area (Å²) in [4.78, 5) is 22.4. The molecule has 2 rings (SSSR count). The topological polar surface area (TPSA) is 118 Å². The molecule has 132 valence electrons. The van der Waals surface area contributed by atoms with Gasteiger partial charge in [0.05, 0.1) is 4.90 Å². The zero-order valence-corrected chi connectivity index (χ0v) is 13.4. The van der Waals surface area contributed by atoms with Crippen LogP contribution in [0.25, 0.3) is 0 Å². The fourth-order valence-electron chi connectivity index (χ4n) is 1.92. The molecule has 7 nitrogen and oxygen atoms in total. The minimum absolute atomic E-state index is 0.0708. The van der Waals surface area contributed by atoms with Crippen LogP contribution in [0.2, 0.25) is 0 Å². The van der Waals surface area contributed by atoms with Crippen molar-refractivity contribution >= 4 is 33.2 Å². The molecule has 0 atom stereocenters. The summed E-state index contributed by atoms with van der Waals surface area (Å²) < 4.78 is 47.6. The number of sulfone groups is 1. The predicted molar refractivity (Wildman–Crippen MR) is 87.2 cm³/mol. The van der Waals surface area contributed by atoms with Crippen molar-refractivity contribution in [1.82, 2.24) is 0 Å². The van der Waals surface area contributed by atoms with Crippen molar-refractivity contribution in [3.8, 4) is 0 Å². The summed E-state index contributed by atoms with van der Waals surface area (Å²) in [6, 6.07) is 9.48. The lowest BCUT2D eigenvalue weighted by atomic mass is 10.2. The van der Waals surface area contributed by atoms with Crippen LogP contribution >= 0.6 is 0 Å². The van der Waals surface area contributed by atoms with Gasteiger partial charge in [0.15, 0.2) is 0 Å². The van der Waals surface area contributed by atoms with Gasteiger partial charge in [-0.15, -0.1) is 0 Å². The monoisotopic (exact) mass is 369 g/mol. The fraction of sp³-hybridized carbons (Fsp3) is 0.0667. The highest BCUT2D eigenvalue weighted by Crippen LogP contribution is 2.20. The molecule has 0 unspecified atom stereocenters. The van der Waals surface area contributed by atoms with E-state index in [9.17, 15) is 26.8 Å². The first-order valence-electron chi connectivity index (χ1n) is 6.80. The highest BCUT2D eigenvalue weighted by molar-refractivity contribution is 7.91. The average Bonchev–Trinajstić information content (AvgIpc) is 2.54. The van der Waals surface area contributed by atoms with Gasteiger partial charge in [-0.1, -0.05) is 6.07 Å². The van der Waals surface area contributed by atoms with Crippen molar-refractivity contribution in [1.29, 1.82) is 0 Å². The number of hydrogen-bond donors (Lipinski definition) is 3. The van der Waals surface area contributed by atoms with Crippen molar-refractivity contribution in [2.45, 2.75) is 10.7 Å². The van der Waals surface area contributed by atoms with E-state index in [-0.39, 0.29) is 5.56 Å². The lowest BCUT2D eigenvalue weighted by molar-refractivity contribution is 0.102. The summed E-state index contributed by atoms with van der Waals surface area (Å²) in [5, 5.41) is 4.87. The van der Waals surface area contributed by atoms with E-state index >= 15 is 0 Å². The Kier molecular flexibility index (Phi) is 5.32. The highest BCUT2D eigenvalue weighted by Gasteiger charge is 2.26. The number of nitrogens with one attached hydrogen (secondary N) is 2. The number of rotatable bonds is 5. The van der Waals surface area contributed by atoms with Gasteiger partial charge in [0.25, 0.3) is 5.91 Å². The largest absolute Gasteiger partial charge is 0.351 e. The molecule has 2 aromatic rings. The maximum Gasteiger partial charge on any atom is 0.341 e. The maximum atomic E-state index is 12.5. The SMILES string of the molecule is NC(=O)Nc1cccc(NC(=O)c2ccc(S(=O)(=O)C(F)F)cc2)c1. The third-order valence-electron chi connectivity index (χ3n) is 3.07. The Morgan fingerprint density at radius 3 is 2.04 bits per heavy atom. The maximum absolute atomic E-state index is 12.5. The normalized spacial score (nSPS) is 11.2. The van der Waals surface area contributed by atoms with E-state index in [0.717, 1.165) is 24.3 Å². The molecular weight excluding hydrogens is 356 g/mol. The van der Waals surface area contributed by atoms with E-state index in [4.69, 9.17) is 5.73 Å². The summed E-state index contributed by atoms with van der Waals surface area (Å²) in [5.74, 6) is -4.12. The molecule has 0 aliphatic rings. The Morgan fingerprint density at radius 2 is 1.52 bits per heavy atom. The summed E-state index contributed by atoms with van der Waals surface area (Å²) in [6.07, 6.45) is 0. The van der Waals surface area contributed by atoms with Crippen molar-refractivity contribution < 1.29 is 26.8 Å². The molecule has 0 aromatic heterocycles. The Balaban J connectivity index is 2.15. The number of nitrogens with two attached hydrogens (primary N) is 1. The highest BCUT2D eigenvalue weighted by atomic mass is 32.2. The van der Waals surface area contributed by atoms with Gasteiger partial charge in [-0.2, -0.15) is 8.78 Å². The molecule has 0 aliphatic carbocycles. The Labute approximate surface area is 141 Å². The summed E-state index contributed by atoms with van der Waals surface area (Å²) in [5.41, 5.74) is 5.78. The van der Waals surface area contributed by atoms with E-state index in [1.54, 1.807) is 18.2 Å². The third kappa shape index (κ3) is 4.51. The predicted octanol–water partition coefficient (Wildman–Crippen LogP) is 2.43. The van der Waals surface area contributed by atoms with Gasteiger partial charge in [-0.05, 0) is 42.5 Å². The lowest BCUT2D eigenvalue weighted by Gasteiger charge is -2.08. The second-order valence-corrected chi connectivity index (χ2v) is 6.77. The molecule has 0 saturated carbocycles. The molecule has 0 aliphatic heterocycles. The fourth-order valence-corrected chi connectivity index (χ4v) is 2.64. The van der Waals surface area contributed by atoms with Gasteiger partial charge in [-0.25, -0.2) is 13.2 Å². The van der Waals surface area contributed by atoms with Crippen molar-refractivity contribution in [3.63, 3.8) is 0 Å².